The van der Waals surface area contributed by atoms with Crippen LogP contribution in [0.1, 0.15) is 348 Å². The van der Waals surface area contributed by atoms with Gasteiger partial charge in [-0.2, -0.15) is 0 Å². The first kappa shape index (κ1) is 73.1. The molecule has 0 aliphatic rings. The van der Waals surface area contributed by atoms with Crippen molar-refractivity contribution in [2.75, 3.05) is 13.2 Å². The van der Waals surface area contributed by atoms with Gasteiger partial charge in [0.25, 0.3) is 0 Å². The third-order valence-electron chi connectivity index (χ3n) is 14.7. The number of unbranched alkanes of at least 4 members (excludes halogenated alkanes) is 40. The van der Waals surface area contributed by atoms with E-state index in [4.69, 9.17) is 14.2 Å². The van der Waals surface area contributed by atoms with E-state index in [9.17, 15) is 14.4 Å². The van der Waals surface area contributed by atoms with Crippen molar-refractivity contribution in [1.29, 1.82) is 0 Å². The summed E-state index contributed by atoms with van der Waals surface area (Å²) in [5, 5.41) is 0. The maximum atomic E-state index is 12.9. The van der Waals surface area contributed by atoms with E-state index in [1.165, 1.54) is 225 Å². The Morgan fingerprint density at radius 1 is 0.263 bits per heavy atom. The van der Waals surface area contributed by atoms with Crippen LogP contribution >= 0.6 is 0 Å². The fourth-order valence-electron chi connectivity index (χ4n) is 9.72. The summed E-state index contributed by atoms with van der Waals surface area (Å²) in [6.07, 6.45) is 82.2. The molecule has 0 rings (SSSR count). The average molecular weight is 1060 g/mol. The molecule has 1 atom stereocenters. The number of hydrogen-bond acceptors (Lipinski definition) is 6. The molecule has 0 aromatic rings. The van der Waals surface area contributed by atoms with Gasteiger partial charge < -0.3 is 14.2 Å². The smallest absolute Gasteiger partial charge is 0.306 e. The van der Waals surface area contributed by atoms with Gasteiger partial charge in [-0.1, -0.05) is 300 Å². The third kappa shape index (κ3) is 62.0. The predicted molar refractivity (Wildman–Crippen MR) is 330 cm³/mol. The molecule has 1 unspecified atom stereocenters. The zero-order chi connectivity index (χ0) is 55.0. The van der Waals surface area contributed by atoms with Gasteiger partial charge in [0.05, 0.1) is 0 Å². The van der Waals surface area contributed by atoms with Crippen LogP contribution in [0.5, 0.6) is 0 Å². The highest BCUT2D eigenvalue weighted by molar-refractivity contribution is 5.71. The van der Waals surface area contributed by atoms with E-state index in [1.54, 1.807) is 0 Å². The van der Waals surface area contributed by atoms with Crippen LogP contribution in [-0.4, -0.2) is 37.2 Å². The van der Waals surface area contributed by atoms with Crippen LogP contribution < -0.4 is 0 Å². The molecule has 0 aliphatic heterocycles. The fourth-order valence-corrected chi connectivity index (χ4v) is 9.72. The first-order valence-electron chi connectivity index (χ1n) is 33.3. The Hall–Kier alpha value is -2.89. The molecule has 0 radical (unpaired) electrons. The first-order valence-corrected chi connectivity index (χ1v) is 33.3. The maximum Gasteiger partial charge on any atom is 0.306 e. The second-order valence-electron chi connectivity index (χ2n) is 22.4. The number of ether oxygens (including phenoxy) is 3. The lowest BCUT2D eigenvalue weighted by molar-refractivity contribution is -0.167. The summed E-state index contributed by atoms with van der Waals surface area (Å²) in [5.74, 6) is -0.867. The second-order valence-corrected chi connectivity index (χ2v) is 22.4. The number of rotatable bonds is 61. The van der Waals surface area contributed by atoms with E-state index < -0.39 is 6.10 Å². The molecule has 0 fully saturated rings. The Labute approximate surface area is 472 Å². The van der Waals surface area contributed by atoms with Gasteiger partial charge in [0.2, 0.25) is 0 Å². The SMILES string of the molecule is CCCCCCC/C=C\C/C=C\C/C=C\CCCCCCCCCCC(=O)OCC(COC(=O)CCCCCCCCCCCCCCCC)OC(=O)CCCCCCCCCCC/C=C\C/C=C\CCCCCCC. The number of carbonyl (C=O) groups excluding carboxylic acids is 3. The largest absolute Gasteiger partial charge is 0.462 e. The minimum atomic E-state index is -0.779. The molecule has 0 aliphatic carbocycles. The summed E-state index contributed by atoms with van der Waals surface area (Å²) < 4.78 is 17.0. The quantitative estimate of drug-likeness (QED) is 0.0261. The van der Waals surface area contributed by atoms with Crippen molar-refractivity contribution in [1.82, 2.24) is 0 Å². The van der Waals surface area contributed by atoms with Gasteiger partial charge in [-0.15, -0.1) is 0 Å². The van der Waals surface area contributed by atoms with Crippen molar-refractivity contribution in [3.05, 3.63) is 60.8 Å². The molecule has 442 valence electrons. The molecule has 0 aromatic heterocycles. The zero-order valence-corrected chi connectivity index (χ0v) is 50.8. The predicted octanol–water partition coefficient (Wildman–Crippen LogP) is 22.7. The topological polar surface area (TPSA) is 78.9 Å². The van der Waals surface area contributed by atoms with Crippen LogP contribution in [-0.2, 0) is 28.6 Å². The maximum absolute atomic E-state index is 12.9. The number of carbonyl (C=O) groups is 3. The Balaban J connectivity index is 4.34. The summed E-state index contributed by atoms with van der Waals surface area (Å²) in [4.78, 5) is 38.4. The van der Waals surface area contributed by atoms with Crippen LogP contribution in [0.2, 0.25) is 0 Å². The van der Waals surface area contributed by atoms with Gasteiger partial charge in [-0.25, -0.2) is 0 Å². The Morgan fingerprint density at radius 3 is 0.737 bits per heavy atom. The highest BCUT2D eigenvalue weighted by atomic mass is 16.6. The highest BCUT2D eigenvalue weighted by Gasteiger charge is 2.19. The van der Waals surface area contributed by atoms with Crippen LogP contribution in [0.25, 0.3) is 0 Å². The van der Waals surface area contributed by atoms with Gasteiger partial charge in [-0.05, 0) is 89.9 Å². The van der Waals surface area contributed by atoms with E-state index in [0.29, 0.717) is 19.3 Å². The van der Waals surface area contributed by atoms with E-state index in [2.05, 4.69) is 81.5 Å². The Bertz CT molecular complexity index is 1360. The zero-order valence-electron chi connectivity index (χ0n) is 50.8. The molecule has 0 bridgehead atoms. The summed E-state index contributed by atoms with van der Waals surface area (Å²) >= 11 is 0. The molecule has 6 heteroatoms. The third-order valence-corrected chi connectivity index (χ3v) is 14.7. The highest BCUT2D eigenvalue weighted by Crippen LogP contribution is 2.17. The van der Waals surface area contributed by atoms with Crippen LogP contribution in [0.4, 0.5) is 0 Å². The van der Waals surface area contributed by atoms with Crippen LogP contribution in [0.3, 0.4) is 0 Å². The lowest BCUT2D eigenvalue weighted by Crippen LogP contribution is -2.30. The molecule has 0 N–H and O–H groups in total. The fraction of sp³-hybridized carbons (Fsp3) is 0.814. The summed E-state index contributed by atoms with van der Waals surface area (Å²) in [5.41, 5.74) is 0. The van der Waals surface area contributed by atoms with Crippen molar-refractivity contribution in [2.45, 2.75) is 354 Å². The number of allylic oxidation sites excluding steroid dienone is 10. The summed E-state index contributed by atoms with van der Waals surface area (Å²) in [6.45, 7) is 6.66. The molecule has 0 heterocycles. The lowest BCUT2D eigenvalue weighted by atomic mass is 10.0. The first-order chi connectivity index (χ1) is 37.5. The molecule has 6 nitrogen and oxygen atoms in total. The van der Waals surface area contributed by atoms with Gasteiger partial charge in [0.15, 0.2) is 6.10 Å². The molecular formula is C70H126O6. The molecule has 0 aromatic carbocycles. The van der Waals surface area contributed by atoms with Crippen molar-refractivity contribution < 1.29 is 28.6 Å². The van der Waals surface area contributed by atoms with Crippen molar-refractivity contribution >= 4 is 17.9 Å². The standard InChI is InChI=1S/C70H126O6/c1-4-7-10-13-16-19-22-25-28-30-32-34-35-37-38-40-42-45-48-51-54-57-60-63-69(72)75-66-67(65-74-68(71)62-59-56-53-50-47-44-27-24-21-18-15-12-9-6-3)76-70(73)64-61-58-55-52-49-46-43-41-39-36-33-31-29-26-23-20-17-14-11-8-5-2/h22-23,25-26,30-33,35,37,67H,4-21,24,27-29,34,36,38-66H2,1-3H3/b25-22-,26-23-,32-30-,33-31-,37-35-. The number of hydrogen-bond donors (Lipinski definition) is 0. The van der Waals surface area contributed by atoms with E-state index in [0.717, 1.165) is 83.5 Å². The van der Waals surface area contributed by atoms with Gasteiger partial charge in [0, 0.05) is 19.3 Å². The van der Waals surface area contributed by atoms with Crippen molar-refractivity contribution in [3.63, 3.8) is 0 Å². The lowest BCUT2D eigenvalue weighted by Gasteiger charge is -2.18. The molecule has 0 amide bonds. The van der Waals surface area contributed by atoms with E-state index >= 15 is 0 Å². The second kappa shape index (κ2) is 64.6. The molecule has 76 heavy (non-hydrogen) atoms. The van der Waals surface area contributed by atoms with Crippen LogP contribution in [0.15, 0.2) is 60.8 Å². The minimum absolute atomic E-state index is 0.0749. The van der Waals surface area contributed by atoms with Crippen molar-refractivity contribution in [2.24, 2.45) is 0 Å². The Morgan fingerprint density at radius 2 is 0.474 bits per heavy atom. The van der Waals surface area contributed by atoms with E-state index in [-0.39, 0.29) is 31.1 Å². The minimum Gasteiger partial charge on any atom is -0.462 e. The summed E-state index contributed by atoms with van der Waals surface area (Å²) in [6, 6.07) is 0. The normalized spacial score (nSPS) is 12.4. The monoisotopic (exact) mass is 1060 g/mol. The molecular weight excluding hydrogens is 937 g/mol. The molecule has 0 saturated heterocycles. The van der Waals surface area contributed by atoms with Gasteiger partial charge in [0.1, 0.15) is 13.2 Å². The number of esters is 3. The summed E-state index contributed by atoms with van der Waals surface area (Å²) in [7, 11) is 0. The van der Waals surface area contributed by atoms with Gasteiger partial charge >= 0.3 is 17.9 Å². The average Bonchev–Trinajstić information content (AvgIpc) is 3.42. The molecule has 0 spiro atoms. The van der Waals surface area contributed by atoms with Gasteiger partial charge in [-0.3, -0.25) is 14.4 Å². The van der Waals surface area contributed by atoms with Crippen LogP contribution in [0, 0.1) is 0 Å². The van der Waals surface area contributed by atoms with Crippen molar-refractivity contribution in [3.8, 4) is 0 Å². The Kier molecular flexibility index (Phi) is 62.2. The van der Waals surface area contributed by atoms with E-state index in [1.807, 2.05) is 0 Å². The molecule has 0 saturated carbocycles.